The molecule has 0 aliphatic carbocycles. The molecule has 5 nitrogen and oxygen atoms in total. The fourth-order valence-electron chi connectivity index (χ4n) is 3.69. The van der Waals surface area contributed by atoms with Crippen LogP contribution in [0.15, 0.2) is 48.0 Å². The number of amides is 1. The predicted molar refractivity (Wildman–Crippen MR) is 98.4 cm³/mol. The number of benzene rings is 1. The van der Waals surface area contributed by atoms with Crippen LogP contribution in [0.3, 0.4) is 0 Å². The molecule has 0 N–H and O–H groups in total. The van der Waals surface area contributed by atoms with E-state index in [0.29, 0.717) is 0 Å². The predicted octanol–water partition coefficient (Wildman–Crippen LogP) is 2.97. The van der Waals surface area contributed by atoms with E-state index < -0.39 is 0 Å². The molecule has 0 bridgehead atoms. The molecular formula is C20H23N3O2. The summed E-state index contributed by atoms with van der Waals surface area (Å²) in [6, 6.07) is 8.32. The Labute approximate surface area is 147 Å². The van der Waals surface area contributed by atoms with E-state index in [0.717, 1.165) is 68.0 Å². The average molecular weight is 337 g/mol. The summed E-state index contributed by atoms with van der Waals surface area (Å²) in [7, 11) is 0. The van der Waals surface area contributed by atoms with Crippen molar-refractivity contribution in [1.29, 1.82) is 0 Å². The molecule has 2 aliphatic heterocycles. The van der Waals surface area contributed by atoms with Gasteiger partial charge in [0.15, 0.2) is 0 Å². The Hall–Kier alpha value is -2.56. The summed E-state index contributed by atoms with van der Waals surface area (Å²) in [5.74, 6) is 0.949. The van der Waals surface area contributed by atoms with Crippen molar-refractivity contribution in [3.05, 3.63) is 48.0 Å². The zero-order chi connectivity index (χ0) is 17.2. The number of carbonyl (C=O) groups excluding carboxylic acids is 1. The Balaban J connectivity index is 1.49. The molecule has 25 heavy (non-hydrogen) atoms. The van der Waals surface area contributed by atoms with Crippen LogP contribution in [-0.2, 0) is 9.53 Å². The van der Waals surface area contributed by atoms with Gasteiger partial charge in [-0.1, -0.05) is 24.3 Å². The first-order valence-corrected chi connectivity index (χ1v) is 8.93. The van der Waals surface area contributed by atoms with Gasteiger partial charge in [0.05, 0.1) is 24.1 Å². The van der Waals surface area contributed by atoms with Crippen molar-refractivity contribution in [2.75, 3.05) is 37.7 Å². The smallest absolute Gasteiger partial charge is 0.253 e. The van der Waals surface area contributed by atoms with E-state index in [1.807, 2.05) is 30.3 Å². The van der Waals surface area contributed by atoms with Gasteiger partial charge in [-0.3, -0.25) is 9.78 Å². The van der Waals surface area contributed by atoms with Gasteiger partial charge < -0.3 is 14.5 Å². The molecule has 0 atom stereocenters. The van der Waals surface area contributed by atoms with Gasteiger partial charge in [0.25, 0.3) is 5.91 Å². The molecule has 1 amide bonds. The molecule has 1 saturated heterocycles. The third kappa shape index (κ3) is 3.06. The highest BCUT2D eigenvalue weighted by Gasteiger charge is 2.27. The van der Waals surface area contributed by atoms with E-state index >= 15 is 0 Å². The van der Waals surface area contributed by atoms with Gasteiger partial charge in [-0.2, -0.15) is 0 Å². The molecule has 130 valence electrons. The van der Waals surface area contributed by atoms with Crippen LogP contribution in [0.4, 0.5) is 5.69 Å². The molecule has 2 aliphatic rings. The molecule has 1 aromatic heterocycles. The number of ether oxygens (including phenoxy) is 1. The van der Waals surface area contributed by atoms with Crippen LogP contribution >= 0.6 is 0 Å². The number of allylic oxidation sites excluding steroid dienone is 1. The largest absolute Gasteiger partial charge is 0.498 e. The van der Waals surface area contributed by atoms with Crippen molar-refractivity contribution in [3.8, 4) is 0 Å². The topological polar surface area (TPSA) is 45.7 Å². The number of hydrogen-bond donors (Lipinski definition) is 0. The summed E-state index contributed by atoms with van der Waals surface area (Å²) >= 11 is 0. The number of carbonyl (C=O) groups is 1. The quantitative estimate of drug-likeness (QED) is 0.845. The second-order valence-electron chi connectivity index (χ2n) is 6.65. The van der Waals surface area contributed by atoms with E-state index in [1.165, 1.54) is 5.39 Å². The van der Waals surface area contributed by atoms with Crippen molar-refractivity contribution in [2.45, 2.75) is 19.8 Å². The van der Waals surface area contributed by atoms with Gasteiger partial charge in [0.2, 0.25) is 0 Å². The van der Waals surface area contributed by atoms with E-state index in [4.69, 9.17) is 4.74 Å². The lowest BCUT2D eigenvalue weighted by Gasteiger charge is -2.37. The van der Waals surface area contributed by atoms with E-state index in [9.17, 15) is 4.79 Å². The molecule has 0 unspecified atom stereocenters. The molecule has 0 radical (unpaired) electrons. The van der Waals surface area contributed by atoms with Crippen LogP contribution in [0, 0.1) is 0 Å². The summed E-state index contributed by atoms with van der Waals surface area (Å²) in [6.45, 7) is 5.76. The molecule has 0 saturated carbocycles. The number of anilines is 1. The normalized spacial score (nSPS) is 18.4. The van der Waals surface area contributed by atoms with Gasteiger partial charge in [-0.15, -0.1) is 0 Å². The van der Waals surface area contributed by atoms with Crippen LogP contribution in [0.5, 0.6) is 0 Å². The third-order valence-corrected chi connectivity index (χ3v) is 5.13. The van der Waals surface area contributed by atoms with Crippen molar-refractivity contribution < 1.29 is 9.53 Å². The number of piperazine rings is 1. The third-order valence-electron chi connectivity index (χ3n) is 5.13. The number of rotatable bonds is 2. The molecule has 5 heteroatoms. The second-order valence-corrected chi connectivity index (χ2v) is 6.65. The van der Waals surface area contributed by atoms with Crippen LogP contribution in [0.1, 0.15) is 19.8 Å². The van der Waals surface area contributed by atoms with Crippen LogP contribution in [0.25, 0.3) is 10.8 Å². The zero-order valence-corrected chi connectivity index (χ0v) is 14.6. The van der Waals surface area contributed by atoms with Crippen molar-refractivity contribution in [1.82, 2.24) is 9.88 Å². The monoisotopic (exact) mass is 337 g/mol. The molecule has 3 heterocycles. The molecular weight excluding hydrogens is 314 g/mol. The Bertz CT molecular complexity index is 817. The number of pyridine rings is 1. The van der Waals surface area contributed by atoms with Gasteiger partial charge in [-0.25, -0.2) is 0 Å². The summed E-state index contributed by atoms with van der Waals surface area (Å²) < 4.78 is 5.55. The first-order valence-electron chi connectivity index (χ1n) is 8.93. The molecule has 1 aromatic carbocycles. The first-order chi connectivity index (χ1) is 12.2. The Morgan fingerprint density at radius 1 is 1.12 bits per heavy atom. The minimum atomic E-state index is 0.146. The maximum Gasteiger partial charge on any atom is 0.253 e. The first kappa shape index (κ1) is 15.9. The van der Waals surface area contributed by atoms with Gasteiger partial charge in [0.1, 0.15) is 5.76 Å². The summed E-state index contributed by atoms with van der Waals surface area (Å²) in [4.78, 5) is 21.4. The van der Waals surface area contributed by atoms with E-state index in [2.05, 4.69) is 28.1 Å². The van der Waals surface area contributed by atoms with Gasteiger partial charge >= 0.3 is 0 Å². The minimum Gasteiger partial charge on any atom is -0.498 e. The molecule has 4 rings (SSSR count). The van der Waals surface area contributed by atoms with Crippen molar-refractivity contribution in [3.63, 3.8) is 0 Å². The summed E-state index contributed by atoms with van der Waals surface area (Å²) in [5, 5.41) is 2.37. The number of nitrogens with zero attached hydrogens (tertiary/aromatic N) is 3. The summed E-state index contributed by atoms with van der Waals surface area (Å²) in [6.07, 6.45) is 5.59. The van der Waals surface area contributed by atoms with Crippen LogP contribution in [0.2, 0.25) is 0 Å². The molecule has 1 fully saturated rings. The standard InChI is InChI=1S/C20H23N3O2/c1-15-17(7-4-12-25-15)20(24)23-10-8-22(9-11-23)19-14-21-13-16-5-2-3-6-18(16)19/h2-3,5-6,13-14H,4,7-12H2,1H3. The second kappa shape index (κ2) is 6.75. The van der Waals surface area contributed by atoms with Gasteiger partial charge in [-0.05, 0) is 19.8 Å². The maximum absolute atomic E-state index is 12.8. The molecule has 2 aromatic rings. The van der Waals surface area contributed by atoms with Crippen molar-refractivity contribution in [2.24, 2.45) is 0 Å². The summed E-state index contributed by atoms with van der Waals surface area (Å²) in [5.41, 5.74) is 2.01. The fourth-order valence-corrected chi connectivity index (χ4v) is 3.69. The zero-order valence-electron chi connectivity index (χ0n) is 14.6. The Kier molecular flexibility index (Phi) is 4.30. The van der Waals surface area contributed by atoms with E-state index in [-0.39, 0.29) is 5.91 Å². The Morgan fingerprint density at radius 3 is 2.72 bits per heavy atom. The lowest BCUT2D eigenvalue weighted by molar-refractivity contribution is -0.128. The lowest BCUT2D eigenvalue weighted by atomic mass is 10.1. The number of fused-ring (bicyclic) bond motifs is 1. The Morgan fingerprint density at radius 2 is 1.92 bits per heavy atom. The maximum atomic E-state index is 12.8. The lowest BCUT2D eigenvalue weighted by Crippen LogP contribution is -2.49. The molecule has 0 spiro atoms. The number of aromatic nitrogens is 1. The van der Waals surface area contributed by atoms with Gasteiger partial charge in [0, 0.05) is 43.1 Å². The minimum absolute atomic E-state index is 0.146. The van der Waals surface area contributed by atoms with E-state index in [1.54, 1.807) is 0 Å². The SMILES string of the molecule is CC1=C(C(=O)N2CCN(c3cncc4ccccc34)CC2)CCCO1. The highest BCUT2D eigenvalue weighted by Crippen LogP contribution is 2.27. The fraction of sp³-hybridized carbons (Fsp3) is 0.400. The van der Waals surface area contributed by atoms with Crippen LogP contribution < -0.4 is 4.90 Å². The van der Waals surface area contributed by atoms with Crippen LogP contribution in [-0.4, -0.2) is 48.6 Å². The highest BCUT2D eigenvalue weighted by atomic mass is 16.5. The number of hydrogen-bond acceptors (Lipinski definition) is 4. The average Bonchev–Trinajstić information content (AvgIpc) is 2.67. The van der Waals surface area contributed by atoms with Crippen molar-refractivity contribution >= 4 is 22.4 Å². The highest BCUT2D eigenvalue weighted by molar-refractivity contribution is 5.95.